The van der Waals surface area contributed by atoms with Crippen molar-refractivity contribution in [1.82, 2.24) is 4.90 Å². The first-order chi connectivity index (χ1) is 16.1. The third kappa shape index (κ3) is 6.40. The van der Waals surface area contributed by atoms with E-state index in [0.717, 1.165) is 16.7 Å². The zero-order chi connectivity index (χ0) is 24.9. The summed E-state index contributed by atoms with van der Waals surface area (Å²) in [6.45, 7) is 1.38. The smallest absolute Gasteiger partial charge is 0.342 e. The van der Waals surface area contributed by atoms with Gasteiger partial charge in [-0.1, -0.05) is 54.6 Å². The van der Waals surface area contributed by atoms with Crippen LogP contribution in [0.5, 0.6) is 0 Å². The number of hydrogen-bond donors (Lipinski definition) is 4. The molecule has 3 aromatic carbocycles. The molecular formula is C25H27N2O6P. The average molecular weight is 482 g/mol. The number of carbonyl (C=O) groups is 2. The highest BCUT2D eigenvalue weighted by atomic mass is 31.2. The van der Waals surface area contributed by atoms with Crippen LogP contribution in [0.4, 0.5) is 5.69 Å². The molecule has 0 saturated carbocycles. The molecule has 0 radical (unpaired) electrons. The standard InChI is InChI=1S/C25H27N2O6P/c1-17(34(31,32)33)27(2)23(24(28)26-22-14-12-21(13-15-22)25(29)30)16-18-8-10-20(11-9-18)19-6-4-3-5-7-19/h3-15,17,23H,16H2,1-2H3,(H,26,28)(H,29,30)(H2,31,32,33)/t17?,23-/m0/s1. The molecule has 2 atom stereocenters. The number of hydrogen-bond acceptors (Lipinski definition) is 4. The highest BCUT2D eigenvalue weighted by molar-refractivity contribution is 7.52. The number of carboxylic acids is 1. The van der Waals surface area contributed by atoms with Crippen molar-refractivity contribution in [1.29, 1.82) is 0 Å². The van der Waals surface area contributed by atoms with E-state index in [1.165, 1.54) is 43.1 Å². The summed E-state index contributed by atoms with van der Waals surface area (Å²) in [5.74, 6) is -2.72. The lowest BCUT2D eigenvalue weighted by atomic mass is 9.99. The highest BCUT2D eigenvalue weighted by Crippen LogP contribution is 2.43. The van der Waals surface area contributed by atoms with Gasteiger partial charge < -0.3 is 20.2 Å². The Bertz CT molecular complexity index is 1180. The minimum atomic E-state index is -4.48. The van der Waals surface area contributed by atoms with Crippen molar-refractivity contribution in [3.8, 4) is 11.1 Å². The number of carbonyl (C=O) groups excluding carboxylic acids is 1. The lowest BCUT2D eigenvalue weighted by Gasteiger charge is -2.32. The van der Waals surface area contributed by atoms with Gasteiger partial charge in [-0.05, 0) is 61.3 Å². The first kappa shape index (κ1) is 25.3. The van der Waals surface area contributed by atoms with E-state index in [-0.39, 0.29) is 12.0 Å². The predicted octanol–water partition coefficient (Wildman–Crippen LogP) is 4.06. The number of anilines is 1. The number of amides is 1. The number of nitrogens with zero attached hydrogens (tertiary/aromatic N) is 1. The number of likely N-dealkylation sites (N-methyl/N-ethyl adjacent to an activating group) is 1. The number of carboxylic acid groups (broad SMARTS) is 1. The summed E-state index contributed by atoms with van der Waals surface area (Å²) in [6.07, 6.45) is 0.217. The minimum Gasteiger partial charge on any atom is -0.478 e. The second-order valence-electron chi connectivity index (χ2n) is 8.04. The molecule has 0 aliphatic carbocycles. The van der Waals surface area contributed by atoms with Crippen LogP contribution < -0.4 is 5.32 Å². The van der Waals surface area contributed by atoms with Gasteiger partial charge in [-0.3, -0.25) is 14.3 Å². The second-order valence-corrected chi connectivity index (χ2v) is 9.97. The molecule has 4 N–H and O–H groups in total. The first-order valence-corrected chi connectivity index (χ1v) is 12.3. The molecule has 8 nitrogen and oxygen atoms in total. The highest BCUT2D eigenvalue weighted by Gasteiger charge is 2.35. The molecule has 178 valence electrons. The van der Waals surface area contributed by atoms with Crippen LogP contribution in [0.15, 0.2) is 78.9 Å². The second kappa shape index (κ2) is 10.8. The number of rotatable bonds is 9. The van der Waals surface area contributed by atoms with E-state index in [0.29, 0.717) is 5.69 Å². The molecule has 0 fully saturated rings. The molecule has 1 amide bonds. The summed E-state index contributed by atoms with van der Waals surface area (Å²) in [4.78, 5) is 44.9. The van der Waals surface area contributed by atoms with Crippen LogP contribution in [0.1, 0.15) is 22.8 Å². The van der Waals surface area contributed by atoms with Crippen molar-refractivity contribution < 1.29 is 29.0 Å². The lowest BCUT2D eigenvalue weighted by molar-refractivity contribution is -0.121. The Balaban J connectivity index is 1.83. The molecule has 0 saturated heterocycles. The fourth-order valence-electron chi connectivity index (χ4n) is 3.53. The fraction of sp³-hybridized carbons (Fsp3) is 0.200. The van der Waals surface area contributed by atoms with Crippen molar-refractivity contribution in [3.63, 3.8) is 0 Å². The quantitative estimate of drug-likeness (QED) is 0.339. The maximum atomic E-state index is 13.2. The monoisotopic (exact) mass is 482 g/mol. The number of benzene rings is 3. The van der Waals surface area contributed by atoms with Gasteiger partial charge in [0, 0.05) is 5.69 Å². The van der Waals surface area contributed by atoms with Gasteiger partial charge in [-0.25, -0.2) is 4.79 Å². The zero-order valence-electron chi connectivity index (χ0n) is 18.8. The molecule has 0 spiro atoms. The SMILES string of the molecule is CC(N(C)[C@@H](Cc1ccc(-c2ccccc2)cc1)C(=O)Nc1ccc(C(=O)O)cc1)P(=O)(O)O. The topological polar surface area (TPSA) is 127 Å². The zero-order valence-corrected chi connectivity index (χ0v) is 19.7. The van der Waals surface area contributed by atoms with Gasteiger partial charge in [0.1, 0.15) is 5.78 Å². The largest absolute Gasteiger partial charge is 0.478 e. The van der Waals surface area contributed by atoms with Gasteiger partial charge in [0.15, 0.2) is 0 Å². The van der Waals surface area contributed by atoms with Crippen LogP contribution >= 0.6 is 7.60 Å². The molecule has 3 rings (SSSR count). The van der Waals surface area contributed by atoms with Crippen LogP contribution in [-0.2, 0) is 15.8 Å². The van der Waals surface area contributed by atoms with E-state index in [1.807, 2.05) is 54.6 Å². The molecule has 1 unspecified atom stereocenters. The Hall–Kier alpha value is -3.29. The average Bonchev–Trinajstić information content (AvgIpc) is 2.82. The lowest BCUT2D eigenvalue weighted by Crippen LogP contribution is -2.47. The first-order valence-electron chi connectivity index (χ1n) is 10.6. The summed E-state index contributed by atoms with van der Waals surface area (Å²) in [5.41, 5.74) is 3.36. The normalized spacial score (nSPS) is 13.3. The van der Waals surface area contributed by atoms with Crippen LogP contribution in [0.2, 0.25) is 0 Å². The van der Waals surface area contributed by atoms with E-state index < -0.39 is 31.3 Å². The number of nitrogens with one attached hydrogen (secondary N) is 1. The van der Waals surface area contributed by atoms with Crippen molar-refractivity contribution in [2.45, 2.75) is 25.2 Å². The van der Waals surface area contributed by atoms with E-state index in [2.05, 4.69) is 5.32 Å². The van der Waals surface area contributed by atoms with E-state index in [4.69, 9.17) is 5.11 Å². The van der Waals surface area contributed by atoms with Gasteiger partial charge in [0.2, 0.25) is 5.91 Å². The summed E-state index contributed by atoms with van der Waals surface area (Å²) in [6, 6.07) is 22.3. The predicted molar refractivity (Wildman–Crippen MR) is 131 cm³/mol. The van der Waals surface area contributed by atoms with Crippen molar-refractivity contribution in [3.05, 3.63) is 90.0 Å². The van der Waals surface area contributed by atoms with Crippen molar-refractivity contribution >= 4 is 25.2 Å². The van der Waals surface area contributed by atoms with Crippen molar-refractivity contribution in [2.24, 2.45) is 0 Å². The van der Waals surface area contributed by atoms with Gasteiger partial charge in [0.05, 0.1) is 11.6 Å². The Morgan fingerprint density at radius 1 is 0.912 bits per heavy atom. The summed E-state index contributed by atoms with van der Waals surface area (Å²) >= 11 is 0. The molecule has 3 aromatic rings. The Morgan fingerprint density at radius 2 is 1.47 bits per heavy atom. The summed E-state index contributed by atoms with van der Waals surface area (Å²) in [7, 11) is -2.98. The van der Waals surface area contributed by atoms with Gasteiger partial charge in [-0.15, -0.1) is 0 Å². The van der Waals surface area contributed by atoms with Crippen LogP contribution in [-0.4, -0.2) is 50.5 Å². The van der Waals surface area contributed by atoms with E-state index >= 15 is 0 Å². The molecule has 0 aliphatic heterocycles. The maximum Gasteiger partial charge on any atom is 0.342 e. The minimum absolute atomic E-state index is 0.0836. The third-order valence-corrected chi connectivity index (χ3v) is 7.10. The van der Waals surface area contributed by atoms with Crippen LogP contribution in [0.3, 0.4) is 0 Å². The molecular weight excluding hydrogens is 455 g/mol. The summed E-state index contributed by atoms with van der Waals surface area (Å²) < 4.78 is 11.9. The molecule has 0 aromatic heterocycles. The van der Waals surface area contributed by atoms with Gasteiger partial charge >= 0.3 is 13.6 Å². The number of aromatic carboxylic acids is 1. The molecule has 0 heterocycles. The van der Waals surface area contributed by atoms with Gasteiger partial charge in [0.25, 0.3) is 0 Å². The maximum absolute atomic E-state index is 13.2. The summed E-state index contributed by atoms with van der Waals surface area (Å²) in [5, 5.41) is 11.8. The van der Waals surface area contributed by atoms with Gasteiger partial charge in [-0.2, -0.15) is 0 Å². The molecule has 9 heteroatoms. The van der Waals surface area contributed by atoms with Crippen molar-refractivity contribution in [2.75, 3.05) is 12.4 Å². The van der Waals surface area contributed by atoms with Crippen LogP contribution in [0, 0.1) is 0 Å². The molecule has 0 bridgehead atoms. The Labute approximate surface area is 198 Å². The van der Waals surface area contributed by atoms with E-state index in [1.54, 1.807) is 0 Å². The molecule has 34 heavy (non-hydrogen) atoms. The van der Waals surface area contributed by atoms with Crippen LogP contribution in [0.25, 0.3) is 11.1 Å². The third-order valence-electron chi connectivity index (χ3n) is 5.76. The molecule has 0 aliphatic rings. The van der Waals surface area contributed by atoms with E-state index in [9.17, 15) is 23.9 Å². The Kier molecular flexibility index (Phi) is 8.02. The Morgan fingerprint density at radius 3 is 2.00 bits per heavy atom. The fourth-order valence-corrected chi connectivity index (χ4v) is 4.16.